The Balaban J connectivity index is 1.45. The van der Waals surface area contributed by atoms with Gasteiger partial charge in [0.25, 0.3) is 5.91 Å². The van der Waals surface area contributed by atoms with Crippen LogP contribution in [0.15, 0.2) is 78.9 Å². The summed E-state index contributed by atoms with van der Waals surface area (Å²) in [6.07, 6.45) is 0.845. The van der Waals surface area contributed by atoms with Gasteiger partial charge in [-0.25, -0.2) is 0 Å². The fraction of sp³-hybridized carbons (Fsp3) is 0.208. The highest BCUT2D eigenvalue weighted by atomic mass is 16.5. The lowest BCUT2D eigenvalue weighted by molar-refractivity contribution is 0.0636. The van der Waals surface area contributed by atoms with Gasteiger partial charge < -0.3 is 20.7 Å². The maximum atomic E-state index is 13.2. The maximum absolute atomic E-state index is 13.2. The standard InChI is InChI=1S/C24H25N3O2/c25-20-8-12-23(13-9-20)29-22-10-6-19(7-11-22)24(28)27-15-14-26-17-21(27)16-18-4-2-1-3-5-18/h1-13,21,26H,14-17,25H2. The van der Waals surface area contributed by atoms with Gasteiger partial charge >= 0.3 is 0 Å². The first kappa shape index (κ1) is 19.0. The zero-order valence-corrected chi connectivity index (χ0v) is 16.3. The van der Waals surface area contributed by atoms with Gasteiger partial charge in [-0.1, -0.05) is 30.3 Å². The Morgan fingerprint density at radius 1 is 0.966 bits per heavy atom. The number of nitrogens with two attached hydrogens (primary N) is 1. The second-order valence-electron chi connectivity index (χ2n) is 7.24. The molecule has 1 fully saturated rings. The van der Waals surface area contributed by atoms with Crippen LogP contribution in [-0.4, -0.2) is 36.5 Å². The van der Waals surface area contributed by atoms with Crippen LogP contribution in [0.25, 0.3) is 0 Å². The number of nitrogen functional groups attached to an aromatic ring is 1. The molecule has 1 amide bonds. The number of amides is 1. The van der Waals surface area contributed by atoms with Crippen molar-refractivity contribution in [2.75, 3.05) is 25.4 Å². The van der Waals surface area contributed by atoms with Crippen LogP contribution in [0.5, 0.6) is 11.5 Å². The van der Waals surface area contributed by atoms with Crippen LogP contribution in [0.2, 0.25) is 0 Å². The van der Waals surface area contributed by atoms with Gasteiger partial charge in [0.15, 0.2) is 0 Å². The molecule has 0 spiro atoms. The van der Waals surface area contributed by atoms with Crippen LogP contribution in [-0.2, 0) is 6.42 Å². The molecule has 0 aromatic heterocycles. The number of piperazine rings is 1. The summed E-state index contributed by atoms with van der Waals surface area (Å²) in [5.41, 5.74) is 8.31. The molecule has 1 saturated heterocycles. The van der Waals surface area contributed by atoms with Gasteiger partial charge in [-0.2, -0.15) is 0 Å². The summed E-state index contributed by atoms with van der Waals surface area (Å²) < 4.78 is 5.82. The Hall–Kier alpha value is -3.31. The first-order valence-corrected chi connectivity index (χ1v) is 9.88. The van der Waals surface area contributed by atoms with Crippen LogP contribution in [0.4, 0.5) is 5.69 Å². The van der Waals surface area contributed by atoms with Gasteiger partial charge in [-0.3, -0.25) is 4.79 Å². The molecule has 1 unspecified atom stereocenters. The number of hydrogen-bond donors (Lipinski definition) is 2. The van der Waals surface area contributed by atoms with E-state index < -0.39 is 0 Å². The number of rotatable bonds is 5. The molecular weight excluding hydrogens is 362 g/mol. The molecule has 5 nitrogen and oxygen atoms in total. The van der Waals surface area contributed by atoms with Gasteiger partial charge in [-0.15, -0.1) is 0 Å². The highest BCUT2D eigenvalue weighted by molar-refractivity contribution is 5.94. The summed E-state index contributed by atoms with van der Waals surface area (Å²) in [6.45, 7) is 2.33. The number of nitrogens with zero attached hydrogens (tertiary/aromatic N) is 1. The third kappa shape index (κ3) is 4.76. The normalized spacial score (nSPS) is 16.4. The minimum absolute atomic E-state index is 0.0615. The Labute approximate surface area is 171 Å². The van der Waals surface area contributed by atoms with Crippen molar-refractivity contribution >= 4 is 11.6 Å². The summed E-state index contributed by atoms with van der Waals surface area (Å²) in [5, 5.41) is 3.41. The molecule has 3 aromatic carbocycles. The minimum Gasteiger partial charge on any atom is -0.457 e. The molecule has 148 valence electrons. The molecular formula is C24H25N3O2. The summed E-state index contributed by atoms with van der Waals surface area (Å²) in [5.74, 6) is 1.46. The monoisotopic (exact) mass is 387 g/mol. The van der Waals surface area contributed by atoms with Crippen LogP contribution in [0, 0.1) is 0 Å². The molecule has 1 aliphatic heterocycles. The van der Waals surface area contributed by atoms with Crippen molar-refractivity contribution in [1.29, 1.82) is 0 Å². The van der Waals surface area contributed by atoms with Crippen molar-refractivity contribution in [2.24, 2.45) is 0 Å². The lowest BCUT2D eigenvalue weighted by Gasteiger charge is -2.36. The fourth-order valence-corrected chi connectivity index (χ4v) is 3.60. The predicted octanol–water partition coefficient (Wildman–Crippen LogP) is 3.72. The molecule has 3 N–H and O–H groups in total. The Morgan fingerprint density at radius 3 is 2.31 bits per heavy atom. The average Bonchev–Trinajstić information content (AvgIpc) is 2.77. The molecule has 0 saturated carbocycles. The van der Waals surface area contributed by atoms with Crippen molar-refractivity contribution < 1.29 is 9.53 Å². The molecule has 1 heterocycles. The number of carbonyl (C=O) groups excluding carboxylic acids is 1. The maximum Gasteiger partial charge on any atom is 0.254 e. The molecule has 5 heteroatoms. The van der Waals surface area contributed by atoms with E-state index in [1.165, 1.54) is 5.56 Å². The van der Waals surface area contributed by atoms with Crippen molar-refractivity contribution in [2.45, 2.75) is 12.5 Å². The van der Waals surface area contributed by atoms with Crippen molar-refractivity contribution in [3.8, 4) is 11.5 Å². The van der Waals surface area contributed by atoms with Crippen molar-refractivity contribution in [3.05, 3.63) is 90.0 Å². The largest absolute Gasteiger partial charge is 0.457 e. The number of anilines is 1. The third-order valence-corrected chi connectivity index (χ3v) is 5.14. The molecule has 4 rings (SSSR count). The molecule has 3 aromatic rings. The number of hydrogen-bond acceptors (Lipinski definition) is 4. The van der Waals surface area contributed by atoms with E-state index in [1.807, 2.05) is 59.5 Å². The van der Waals surface area contributed by atoms with Crippen LogP contribution >= 0.6 is 0 Å². The zero-order chi connectivity index (χ0) is 20.1. The number of nitrogens with one attached hydrogen (secondary N) is 1. The van der Waals surface area contributed by atoms with Crippen LogP contribution < -0.4 is 15.8 Å². The van der Waals surface area contributed by atoms with Crippen LogP contribution in [0.1, 0.15) is 15.9 Å². The molecule has 0 bridgehead atoms. The topological polar surface area (TPSA) is 67.6 Å². The van der Waals surface area contributed by atoms with Crippen molar-refractivity contribution in [3.63, 3.8) is 0 Å². The smallest absolute Gasteiger partial charge is 0.254 e. The Morgan fingerprint density at radius 2 is 1.62 bits per heavy atom. The molecule has 0 radical (unpaired) electrons. The Kier molecular flexibility index (Phi) is 5.77. The van der Waals surface area contributed by atoms with E-state index in [-0.39, 0.29) is 11.9 Å². The van der Waals surface area contributed by atoms with E-state index in [0.717, 1.165) is 19.5 Å². The highest BCUT2D eigenvalue weighted by Gasteiger charge is 2.27. The van der Waals surface area contributed by atoms with Gasteiger partial charge in [0.1, 0.15) is 11.5 Å². The number of benzene rings is 3. The molecule has 1 aliphatic rings. The average molecular weight is 387 g/mol. The molecule has 1 atom stereocenters. The van der Waals surface area contributed by atoms with E-state index in [2.05, 4.69) is 17.4 Å². The lowest BCUT2D eigenvalue weighted by Crippen LogP contribution is -2.54. The zero-order valence-electron chi connectivity index (χ0n) is 16.3. The summed E-state index contributed by atoms with van der Waals surface area (Å²) in [7, 11) is 0. The number of carbonyl (C=O) groups is 1. The first-order chi connectivity index (χ1) is 14.2. The second-order valence-corrected chi connectivity index (χ2v) is 7.24. The van der Waals surface area contributed by atoms with Crippen LogP contribution in [0.3, 0.4) is 0 Å². The summed E-state index contributed by atoms with van der Waals surface area (Å²) in [4.78, 5) is 15.1. The molecule has 0 aliphatic carbocycles. The SMILES string of the molecule is Nc1ccc(Oc2ccc(C(=O)N3CCNCC3Cc3ccccc3)cc2)cc1. The number of ether oxygens (including phenoxy) is 1. The van der Waals surface area contributed by atoms with E-state index in [4.69, 9.17) is 10.5 Å². The molecule has 29 heavy (non-hydrogen) atoms. The highest BCUT2D eigenvalue weighted by Crippen LogP contribution is 2.23. The quantitative estimate of drug-likeness (QED) is 0.655. The van der Waals surface area contributed by atoms with Gasteiger partial charge in [-0.05, 0) is 60.5 Å². The first-order valence-electron chi connectivity index (χ1n) is 9.88. The van der Waals surface area contributed by atoms with E-state index in [0.29, 0.717) is 29.3 Å². The van der Waals surface area contributed by atoms with E-state index >= 15 is 0 Å². The third-order valence-electron chi connectivity index (χ3n) is 5.14. The van der Waals surface area contributed by atoms with Gasteiger partial charge in [0, 0.05) is 36.9 Å². The minimum atomic E-state index is 0.0615. The fourth-order valence-electron chi connectivity index (χ4n) is 3.60. The van der Waals surface area contributed by atoms with E-state index in [1.54, 1.807) is 12.1 Å². The van der Waals surface area contributed by atoms with Gasteiger partial charge in [0.05, 0.1) is 0 Å². The Bertz CT molecular complexity index is 940. The van der Waals surface area contributed by atoms with Gasteiger partial charge in [0.2, 0.25) is 0 Å². The summed E-state index contributed by atoms with van der Waals surface area (Å²) in [6, 6.07) is 25.0. The summed E-state index contributed by atoms with van der Waals surface area (Å²) >= 11 is 0. The van der Waals surface area contributed by atoms with Crippen molar-refractivity contribution in [1.82, 2.24) is 10.2 Å². The second kappa shape index (κ2) is 8.80. The van der Waals surface area contributed by atoms with E-state index in [9.17, 15) is 4.79 Å². The predicted molar refractivity (Wildman–Crippen MR) is 115 cm³/mol. The lowest BCUT2D eigenvalue weighted by atomic mass is 10.0.